The van der Waals surface area contributed by atoms with Crippen molar-refractivity contribution in [1.29, 1.82) is 0 Å². The number of unbranched alkanes of at least 4 members (excludes halogenated alkanes) is 1. The van der Waals surface area contributed by atoms with Crippen LogP contribution in [0.1, 0.15) is 60.1 Å². The first kappa shape index (κ1) is 24.1. The van der Waals surface area contributed by atoms with Crippen molar-refractivity contribution in [2.24, 2.45) is 0 Å². The van der Waals surface area contributed by atoms with Gasteiger partial charge < -0.3 is 9.84 Å². The predicted molar refractivity (Wildman–Crippen MR) is 122 cm³/mol. The normalized spacial score (nSPS) is 12.8. The molecule has 1 aromatic heterocycles. The lowest BCUT2D eigenvalue weighted by molar-refractivity contribution is -0.138. The molecule has 7 heteroatoms. The molecule has 0 amide bonds. The van der Waals surface area contributed by atoms with Crippen LogP contribution < -0.4 is 4.74 Å². The van der Waals surface area contributed by atoms with Gasteiger partial charge in [-0.2, -0.15) is 13.2 Å². The number of aliphatic carboxylic acids is 1. The molecule has 3 nitrogen and oxygen atoms in total. The number of benzene rings is 2. The number of rotatable bonds is 10. The van der Waals surface area contributed by atoms with E-state index in [9.17, 15) is 18.0 Å². The van der Waals surface area contributed by atoms with Gasteiger partial charge in [0.25, 0.3) is 0 Å². The van der Waals surface area contributed by atoms with E-state index in [0.717, 1.165) is 47.6 Å². The van der Waals surface area contributed by atoms with Crippen molar-refractivity contribution in [3.8, 4) is 5.75 Å². The standard InChI is InChI=1S/C25H27F3O3S/c1-3-4-5-18(12-13-31-20-9-6-17(7-10-20)14-23(29)30)24-16(2)21-11-8-19(25(26,27)28)15-22(21)32-24/h6-11,15,18H,3-5,12-14H2,1-2H3,(H,29,30). The number of aryl methyl sites for hydroxylation is 1. The van der Waals surface area contributed by atoms with Gasteiger partial charge in [0.05, 0.1) is 18.6 Å². The number of hydrogen-bond donors (Lipinski definition) is 1. The van der Waals surface area contributed by atoms with Gasteiger partial charge in [0, 0.05) is 9.58 Å². The summed E-state index contributed by atoms with van der Waals surface area (Å²) in [4.78, 5) is 11.9. The van der Waals surface area contributed by atoms with Gasteiger partial charge in [0.15, 0.2) is 0 Å². The summed E-state index contributed by atoms with van der Waals surface area (Å²) >= 11 is 1.46. The Hall–Kier alpha value is -2.54. The number of carboxylic acid groups (broad SMARTS) is 1. The van der Waals surface area contributed by atoms with E-state index in [0.29, 0.717) is 22.6 Å². The van der Waals surface area contributed by atoms with Crippen LogP contribution in [0.4, 0.5) is 13.2 Å². The third kappa shape index (κ3) is 6.03. The van der Waals surface area contributed by atoms with E-state index < -0.39 is 17.7 Å². The number of fused-ring (bicyclic) bond motifs is 1. The highest BCUT2D eigenvalue weighted by atomic mass is 32.1. The first-order valence-electron chi connectivity index (χ1n) is 10.7. The molecule has 32 heavy (non-hydrogen) atoms. The Balaban J connectivity index is 1.74. The number of thiophene rings is 1. The minimum atomic E-state index is -4.35. The first-order chi connectivity index (χ1) is 15.2. The van der Waals surface area contributed by atoms with E-state index in [1.807, 2.05) is 6.92 Å². The molecule has 0 aliphatic rings. The summed E-state index contributed by atoms with van der Waals surface area (Å²) in [6.45, 7) is 4.59. The number of ether oxygens (including phenoxy) is 1. The highest BCUT2D eigenvalue weighted by Gasteiger charge is 2.31. The Labute approximate surface area is 189 Å². The number of halogens is 3. The van der Waals surface area contributed by atoms with Crippen molar-refractivity contribution in [2.75, 3.05) is 6.61 Å². The summed E-state index contributed by atoms with van der Waals surface area (Å²) in [7, 11) is 0. The number of carboxylic acids is 1. The minimum Gasteiger partial charge on any atom is -0.494 e. The molecule has 1 atom stereocenters. The molecule has 3 rings (SSSR count). The third-order valence-corrected chi connectivity index (χ3v) is 7.01. The lowest BCUT2D eigenvalue weighted by atomic mass is 9.94. The van der Waals surface area contributed by atoms with E-state index >= 15 is 0 Å². The highest BCUT2D eigenvalue weighted by molar-refractivity contribution is 7.19. The molecule has 1 heterocycles. The van der Waals surface area contributed by atoms with Gasteiger partial charge in [-0.05, 0) is 66.5 Å². The molecular formula is C25H27F3O3S. The smallest absolute Gasteiger partial charge is 0.416 e. The average Bonchev–Trinajstić information content (AvgIpc) is 3.06. The van der Waals surface area contributed by atoms with E-state index in [1.54, 1.807) is 30.3 Å². The van der Waals surface area contributed by atoms with Gasteiger partial charge in [-0.1, -0.05) is 38.0 Å². The van der Waals surface area contributed by atoms with Crippen LogP contribution in [0.5, 0.6) is 5.75 Å². The van der Waals surface area contributed by atoms with E-state index in [2.05, 4.69) is 6.92 Å². The second kappa shape index (κ2) is 10.4. The third-order valence-electron chi connectivity index (χ3n) is 5.59. The summed E-state index contributed by atoms with van der Waals surface area (Å²) < 4.78 is 45.9. The van der Waals surface area contributed by atoms with Crippen molar-refractivity contribution >= 4 is 27.4 Å². The van der Waals surface area contributed by atoms with Crippen LogP contribution in [0.15, 0.2) is 42.5 Å². The molecule has 0 saturated heterocycles. The molecule has 3 aromatic rings. The van der Waals surface area contributed by atoms with Crippen molar-refractivity contribution in [2.45, 2.75) is 58.0 Å². The lowest BCUT2D eigenvalue weighted by Crippen LogP contribution is -2.06. The molecule has 2 aromatic carbocycles. The number of carbonyl (C=O) groups is 1. The van der Waals surface area contributed by atoms with Gasteiger partial charge in [0.2, 0.25) is 0 Å². The molecule has 172 valence electrons. The minimum absolute atomic E-state index is 0.0271. The van der Waals surface area contributed by atoms with Crippen LogP contribution >= 0.6 is 11.3 Å². The van der Waals surface area contributed by atoms with Crippen LogP contribution in [0, 0.1) is 6.92 Å². The van der Waals surface area contributed by atoms with Crippen molar-refractivity contribution in [3.05, 3.63) is 64.0 Å². The monoisotopic (exact) mass is 464 g/mol. The fraction of sp³-hybridized carbons (Fsp3) is 0.400. The second-order valence-electron chi connectivity index (χ2n) is 7.99. The van der Waals surface area contributed by atoms with Crippen molar-refractivity contribution in [3.63, 3.8) is 0 Å². The zero-order valence-electron chi connectivity index (χ0n) is 18.2. The number of alkyl halides is 3. The SMILES string of the molecule is CCCCC(CCOc1ccc(CC(=O)O)cc1)c1sc2cc(C(F)(F)F)ccc2c1C. The van der Waals surface area contributed by atoms with Crippen LogP contribution in [0.2, 0.25) is 0 Å². The molecule has 0 saturated carbocycles. The predicted octanol–water partition coefficient (Wildman–Crippen LogP) is 7.60. The topological polar surface area (TPSA) is 46.5 Å². The zero-order chi connectivity index (χ0) is 23.3. The van der Waals surface area contributed by atoms with E-state index in [-0.39, 0.29) is 12.3 Å². The van der Waals surface area contributed by atoms with Gasteiger partial charge in [-0.25, -0.2) is 0 Å². The molecule has 1 unspecified atom stereocenters. The van der Waals surface area contributed by atoms with Gasteiger partial charge in [0.1, 0.15) is 5.75 Å². The van der Waals surface area contributed by atoms with Crippen LogP contribution in [0.3, 0.4) is 0 Å². The van der Waals surface area contributed by atoms with Crippen LogP contribution in [0.25, 0.3) is 10.1 Å². The maximum absolute atomic E-state index is 13.1. The zero-order valence-corrected chi connectivity index (χ0v) is 19.0. The molecule has 0 aliphatic heterocycles. The molecule has 0 bridgehead atoms. The van der Waals surface area contributed by atoms with Gasteiger partial charge in [-0.3, -0.25) is 4.79 Å². The van der Waals surface area contributed by atoms with Gasteiger partial charge >= 0.3 is 12.1 Å². The maximum atomic E-state index is 13.1. The molecule has 0 aliphatic carbocycles. The quantitative estimate of drug-likeness (QED) is 0.336. The largest absolute Gasteiger partial charge is 0.494 e. The Morgan fingerprint density at radius 2 is 1.84 bits per heavy atom. The molecule has 1 N–H and O–H groups in total. The molecule has 0 fully saturated rings. The Morgan fingerprint density at radius 3 is 2.47 bits per heavy atom. The van der Waals surface area contributed by atoms with E-state index in [1.165, 1.54) is 17.4 Å². The van der Waals surface area contributed by atoms with Crippen molar-refractivity contribution < 1.29 is 27.8 Å². The Kier molecular flexibility index (Phi) is 7.82. The Morgan fingerprint density at radius 1 is 1.12 bits per heavy atom. The summed E-state index contributed by atoms with van der Waals surface area (Å²) in [6.07, 6.45) is -0.573. The van der Waals surface area contributed by atoms with Crippen LogP contribution in [-0.4, -0.2) is 17.7 Å². The fourth-order valence-electron chi connectivity index (χ4n) is 3.86. The average molecular weight is 465 g/mol. The van der Waals surface area contributed by atoms with Crippen LogP contribution in [-0.2, 0) is 17.4 Å². The van der Waals surface area contributed by atoms with Gasteiger partial charge in [-0.15, -0.1) is 11.3 Å². The summed E-state index contributed by atoms with van der Waals surface area (Å²) in [5.74, 6) is 0.0164. The molecular weight excluding hydrogens is 437 g/mol. The maximum Gasteiger partial charge on any atom is 0.416 e. The molecule has 0 radical (unpaired) electrons. The summed E-state index contributed by atoms with van der Waals surface area (Å²) in [5, 5.41) is 9.75. The van der Waals surface area contributed by atoms with E-state index in [4.69, 9.17) is 9.84 Å². The summed E-state index contributed by atoms with van der Waals surface area (Å²) in [5.41, 5.74) is 1.15. The fourth-order valence-corrected chi connectivity index (χ4v) is 5.28. The second-order valence-corrected chi connectivity index (χ2v) is 9.07. The summed E-state index contributed by atoms with van der Waals surface area (Å²) in [6, 6.07) is 11.0. The molecule has 0 spiro atoms. The van der Waals surface area contributed by atoms with Crippen molar-refractivity contribution in [1.82, 2.24) is 0 Å². The highest BCUT2D eigenvalue weighted by Crippen LogP contribution is 2.41. The first-order valence-corrected chi connectivity index (χ1v) is 11.5. The Bertz CT molecular complexity index is 1050. The lowest BCUT2D eigenvalue weighted by Gasteiger charge is -2.17. The number of hydrogen-bond acceptors (Lipinski definition) is 3.